The number of aromatic nitrogens is 2. The van der Waals surface area contributed by atoms with E-state index in [9.17, 15) is 8.42 Å². The zero-order chi connectivity index (χ0) is 15.3. The van der Waals surface area contributed by atoms with Crippen molar-refractivity contribution in [2.24, 2.45) is 0 Å². The first-order valence-corrected chi connectivity index (χ1v) is 7.48. The van der Waals surface area contributed by atoms with Crippen LogP contribution in [0.1, 0.15) is 0 Å². The molecular weight excluding hydrogens is 298 g/mol. The largest absolute Gasteiger partial charge is 0.493 e. The predicted molar refractivity (Wildman–Crippen MR) is 75.0 cm³/mol. The normalized spacial score (nSPS) is 11.1. The van der Waals surface area contributed by atoms with Gasteiger partial charge in [-0.25, -0.2) is 8.42 Å². The van der Waals surface area contributed by atoms with E-state index in [2.05, 4.69) is 14.9 Å². The Hall–Kier alpha value is -2.26. The fourth-order valence-electron chi connectivity index (χ4n) is 1.61. The van der Waals surface area contributed by atoms with Gasteiger partial charge in [-0.05, 0) is 12.1 Å². The molecule has 8 nitrogen and oxygen atoms in total. The molecule has 0 unspecified atom stereocenters. The quantitative estimate of drug-likeness (QED) is 0.689. The van der Waals surface area contributed by atoms with Crippen molar-refractivity contribution >= 4 is 15.7 Å². The molecule has 1 aromatic carbocycles. The van der Waals surface area contributed by atoms with Crippen molar-refractivity contribution in [3.05, 3.63) is 30.6 Å². The summed E-state index contributed by atoms with van der Waals surface area (Å²) in [5.74, 6) is 0.772. The molecule has 0 amide bonds. The van der Waals surface area contributed by atoms with Gasteiger partial charge in [0.25, 0.3) is 10.0 Å². The number of methoxy groups -OCH3 is 1. The Morgan fingerprint density at radius 1 is 1.38 bits per heavy atom. The highest BCUT2D eigenvalue weighted by atomic mass is 32.2. The third kappa shape index (κ3) is 3.64. The lowest BCUT2D eigenvalue weighted by atomic mass is 10.3. The monoisotopic (exact) mass is 313 g/mol. The van der Waals surface area contributed by atoms with Gasteiger partial charge in [0.05, 0.1) is 25.6 Å². The highest BCUT2D eigenvalue weighted by molar-refractivity contribution is 7.92. The minimum atomic E-state index is -3.72. The Labute approximate surface area is 121 Å². The number of sulfonamides is 1. The molecule has 2 rings (SSSR count). The van der Waals surface area contributed by atoms with Gasteiger partial charge in [0.2, 0.25) is 0 Å². The van der Waals surface area contributed by atoms with Crippen molar-refractivity contribution < 1.29 is 23.0 Å². The maximum Gasteiger partial charge on any atom is 0.265 e. The SMILES string of the molecule is COc1ccc(NS(=O)(=O)c2cn[nH]c2)cc1OCCO. The number of aliphatic hydroxyl groups is 1. The van der Waals surface area contributed by atoms with E-state index >= 15 is 0 Å². The molecule has 0 saturated carbocycles. The van der Waals surface area contributed by atoms with Crippen LogP contribution in [0.25, 0.3) is 0 Å². The molecule has 0 fully saturated rings. The summed E-state index contributed by atoms with van der Waals surface area (Å²) in [4.78, 5) is 0.0242. The van der Waals surface area contributed by atoms with Gasteiger partial charge in [-0.2, -0.15) is 5.10 Å². The molecule has 0 atom stereocenters. The lowest BCUT2D eigenvalue weighted by molar-refractivity contribution is 0.196. The standard InChI is InChI=1S/C12H15N3O5S/c1-19-11-3-2-9(6-12(11)20-5-4-16)15-21(17,18)10-7-13-14-8-10/h2-3,6-8,15-16H,4-5H2,1H3,(H,13,14). The van der Waals surface area contributed by atoms with Crippen LogP contribution in [-0.4, -0.2) is 44.0 Å². The first-order valence-electron chi connectivity index (χ1n) is 6.00. The number of aliphatic hydroxyl groups excluding tert-OH is 1. The second-order valence-electron chi connectivity index (χ2n) is 3.98. The summed E-state index contributed by atoms with van der Waals surface area (Å²) in [5.41, 5.74) is 0.310. The smallest absolute Gasteiger partial charge is 0.265 e. The topological polar surface area (TPSA) is 114 Å². The fraction of sp³-hybridized carbons (Fsp3) is 0.250. The maximum atomic E-state index is 12.1. The molecule has 0 aliphatic carbocycles. The van der Waals surface area contributed by atoms with E-state index in [-0.39, 0.29) is 18.1 Å². The second kappa shape index (κ2) is 6.46. The van der Waals surface area contributed by atoms with Crippen LogP contribution >= 0.6 is 0 Å². The van der Waals surface area contributed by atoms with Gasteiger partial charge in [-0.15, -0.1) is 0 Å². The van der Waals surface area contributed by atoms with E-state index < -0.39 is 10.0 Å². The van der Waals surface area contributed by atoms with Crippen LogP contribution in [0.5, 0.6) is 11.5 Å². The van der Waals surface area contributed by atoms with E-state index in [1.54, 1.807) is 12.1 Å². The van der Waals surface area contributed by atoms with E-state index in [1.807, 2.05) is 0 Å². The molecule has 0 bridgehead atoms. The highest BCUT2D eigenvalue weighted by Gasteiger charge is 2.16. The number of H-pyrrole nitrogens is 1. The van der Waals surface area contributed by atoms with Crippen LogP contribution in [0.15, 0.2) is 35.5 Å². The highest BCUT2D eigenvalue weighted by Crippen LogP contribution is 2.31. The number of hydrogen-bond acceptors (Lipinski definition) is 6. The molecule has 1 heterocycles. The Morgan fingerprint density at radius 3 is 2.81 bits per heavy atom. The third-order valence-corrected chi connectivity index (χ3v) is 3.90. The second-order valence-corrected chi connectivity index (χ2v) is 5.66. The lowest BCUT2D eigenvalue weighted by Crippen LogP contribution is -2.12. The number of anilines is 1. The molecule has 2 aromatic rings. The van der Waals surface area contributed by atoms with Crippen LogP contribution < -0.4 is 14.2 Å². The molecule has 0 aliphatic heterocycles. The van der Waals surface area contributed by atoms with Gasteiger partial charge in [-0.1, -0.05) is 0 Å². The summed E-state index contributed by atoms with van der Waals surface area (Å²) < 4.78 is 36.9. The van der Waals surface area contributed by atoms with Gasteiger partial charge in [0, 0.05) is 12.3 Å². The van der Waals surface area contributed by atoms with Crippen LogP contribution in [-0.2, 0) is 10.0 Å². The summed E-state index contributed by atoms with van der Waals surface area (Å²) in [5, 5.41) is 14.8. The number of nitrogens with one attached hydrogen (secondary N) is 2. The summed E-state index contributed by atoms with van der Waals surface area (Å²) in [7, 11) is -2.25. The van der Waals surface area contributed by atoms with Gasteiger partial charge in [0.1, 0.15) is 11.5 Å². The molecule has 3 N–H and O–H groups in total. The molecule has 0 spiro atoms. The van der Waals surface area contributed by atoms with Crippen molar-refractivity contribution in [1.29, 1.82) is 0 Å². The van der Waals surface area contributed by atoms with Crippen LogP contribution in [0.3, 0.4) is 0 Å². The minimum Gasteiger partial charge on any atom is -0.493 e. The number of nitrogens with zero attached hydrogens (tertiary/aromatic N) is 1. The Kier molecular flexibility index (Phi) is 4.66. The van der Waals surface area contributed by atoms with Gasteiger partial charge < -0.3 is 14.6 Å². The molecular formula is C12H15N3O5S. The van der Waals surface area contributed by atoms with Crippen LogP contribution in [0.2, 0.25) is 0 Å². The maximum absolute atomic E-state index is 12.1. The summed E-state index contributed by atoms with van der Waals surface area (Å²) >= 11 is 0. The number of hydrogen-bond donors (Lipinski definition) is 3. The van der Waals surface area contributed by atoms with E-state index in [0.29, 0.717) is 17.2 Å². The molecule has 9 heteroatoms. The molecule has 0 radical (unpaired) electrons. The Balaban J connectivity index is 2.24. The molecule has 0 saturated heterocycles. The third-order valence-electron chi connectivity index (χ3n) is 2.55. The fourth-order valence-corrected chi connectivity index (χ4v) is 2.56. The van der Waals surface area contributed by atoms with Crippen molar-refractivity contribution in [3.8, 4) is 11.5 Å². The van der Waals surface area contributed by atoms with Crippen molar-refractivity contribution in [1.82, 2.24) is 10.2 Å². The zero-order valence-electron chi connectivity index (χ0n) is 11.2. The molecule has 1 aromatic heterocycles. The van der Waals surface area contributed by atoms with Crippen LogP contribution in [0, 0.1) is 0 Å². The Bertz CT molecular complexity index is 685. The minimum absolute atomic E-state index is 0.0242. The Morgan fingerprint density at radius 2 is 2.19 bits per heavy atom. The van der Waals surface area contributed by atoms with Crippen molar-refractivity contribution in [2.75, 3.05) is 25.0 Å². The van der Waals surface area contributed by atoms with E-state index in [1.165, 1.54) is 25.6 Å². The van der Waals surface area contributed by atoms with E-state index in [0.717, 1.165) is 0 Å². The molecule has 0 aliphatic rings. The zero-order valence-corrected chi connectivity index (χ0v) is 12.1. The number of rotatable bonds is 7. The number of aromatic amines is 1. The van der Waals surface area contributed by atoms with Gasteiger partial charge >= 0.3 is 0 Å². The average Bonchev–Trinajstić information content (AvgIpc) is 3.00. The van der Waals surface area contributed by atoms with Crippen LogP contribution in [0.4, 0.5) is 5.69 Å². The summed E-state index contributed by atoms with van der Waals surface area (Å²) in [6.07, 6.45) is 2.48. The number of benzene rings is 1. The van der Waals surface area contributed by atoms with Crippen molar-refractivity contribution in [3.63, 3.8) is 0 Å². The molecule has 114 valence electrons. The average molecular weight is 313 g/mol. The lowest BCUT2D eigenvalue weighted by Gasteiger charge is -2.12. The first kappa shape index (κ1) is 15.1. The van der Waals surface area contributed by atoms with E-state index in [4.69, 9.17) is 14.6 Å². The van der Waals surface area contributed by atoms with Gasteiger partial charge in [0.15, 0.2) is 11.5 Å². The predicted octanol–water partition coefficient (Wildman–Crippen LogP) is 0.590. The number of ether oxygens (including phenoxy) is 2. The van der Waals surface area contributed by atoms with Gasteiger partial charge in [-0.3, -0.25) is 9.82 Å². The molecule has 21 heavy (non-hydrogen) atoms. The summed E-state index contributed by atoms with van der Waals surface area (Å²) in [6, 6.07) is 4.59. The summed E-state index contributed by atoms with van der Waals surface area (Å²) in [6.45, 7) is -0.0809. The first-order chi connectivity index (χ1) is 10.1. The van der Waals surface area contributed by atoms with Crippen molar-refractivity contribution in [2.45, 2.75) is 4.90 Å².